The van der Waals surface area contributed by atoms with E-state index in [-0.39, 0.29) is 18.5 Å². The summed E-state index contributed by atoms with van der Waals surface area (Å²) >= 11 is 0. The van der Waals surface area contributed by atoms with Crippen molar-refractivity contribution >= 4 is 6.03 Å². The molecule has 0 atom stereocenters. The van der Waals surface area contributed by atoms with Crippen LogP contribution in [0, 0.1) is 12.7 Å². The molecule has 0 saturated carbocycles. The number of nitrogens with zero attached hydrogens (tertiary/aromatic N) is 6. The SMILES string of the molecule is Cc1nnn(-c2ccc(F)cc2)c1COc1ccc2c(n1)CCN(C(=O)N1CCCC1)C2. The second-order valence-electron chi connectivity index (χ2n) is 8.20. The summed E-state index contributed by atoms with van der Waals surface area (Å²) in [6.45, 7) is 5.06. The molecule has 2 aliphatic heterocycles. The van der Waals surface area contributed by atoms with Gasteiger partial charge < -0.3 is 14.5 Å². The predicted molar refractivity (Wildman–Crippen MR) is 115 cm³/mol. The first-order valence-electron chi connectivity index (χ1n) is 10.9. The first kappa shape index (κ1) is 20.4. The van der Waals surface area contributed by atoms with Gasteiger partial charge in [-0.1, -0.05) is 11.3 Å². The molecule has 8 nitrogen and oxygen atoms in total. The molecule has 3 aromatic rings. The van der Waals surface area contributed by atoms with Crippen LogP contribution in [-0.4, -0.2) is 55.4 Å². The molecule has 0 unspecified atom stereocenters. The highest BCUT2D eigenvalue weighted by atomic mass is 19.1. The maximum absolute atomic E-state index is 13.3. The third-order valence-electron chi connectivity index (χ3n) is 6.06. The molecule has 4 heterocycles. The van der Waals surface area contributed by atoms with Crippen molar-refractivity contribution in [3.05, 3.63) is 64.9 Å². The summed E-state index contributed by atoms with van der Waals surface area (Å²) in [4.78, 5) is 21.2. The smallest absolute Gasteiger partial charge is 0.320 e. The lowest BCUT2D eigenvalue weighted by Crippen LogP contribution is -2.44. The Kier molecular flexibility index (Phi) is 5.46. The fourth-order valence-corrected chi connectivity index (χ4v) is 4.22. The highest BCUT2D eigenvalue weighted by Crippen LogP contribution is 2.23. The van der Waals surface area contributed by atoms with Gasteiger partial charge in [0.15, 0.2) is 0 Å². The highest BCUT2D eigenvalue weighted by Gasteiger charge is 2.27. The summed E-state index contributed by atoms with van der Waals surface area (Å²) in [6.07, 6.45) is 2.89. The molecule has 5 rings (SSSR count). The van der Waals surface area contributed by atoms with E-state index in [1.165, 1.54) is 12.1 Å². The molecule has 0 bridgehead atoms. The predicted octanol–water partition coefficient (Wildman–Crippen LogP) is 3.26. The Balaban J connectivity index is 1.27. The normalized spacial score (nSPS) is 15.7. The number of ether oxygens (including phenoxy) is 1. The van der Waals surface area contributed by atoms with E-state index in [4.69, 9.17) is 4.74 Å². The Morgan fingerprint density at radius 2 is 1.84 bits per heavy atom. The molecule has 2 aromatic heterocycles. The van der Waals surface area contributed by atoms with E-state index in [2.05, 4.69) is 15.3 Å². The number of amides is 2. The van der Waals surface area contributed by atoms with Gasteiger partial charge in [-0.15, -0.1) is 5.10 Å². The molecule has 2 amide bonds. The highest BCUT2D eigenvalue weighted by molar-refractivity contribution is 5.75. The van der Waals surface area contributed by atoms with E-state index in [1.807, 2.05) is 28.9 Å². The molecule has 0 spiro atoms. The third-order valence-corrected chi connectivity index (χ3v) is 6.06. The molecular weight excluding hydrogens is 411 g/mol. The van der Waals surface area contributed by atoms with Crippen molar-refractivity contribution in [2.24, 2.45) is 0 Å². The number of hydrogen-bond acceptors (Lipinski definition) is 5. The molecule has 0 aliphatic carbocycles. The van der Waals surface area contributed by atoms with E-state index >= 15 is 0 Å². The van der Waals surface area contributed by atoms with Gasteiger partial charge in [0.1, 0.15) is 18.1 Å². The number of halogens is 1. The van der Waals surface area contributed by atoms with Crippen molar-refractivity contribution in [1.82, 2.24) is 29.8 Å². The number of aryl methyl sites for hydroxylation is 1. The number of hydrogen-bond donors (Lipinski definition) is 0. The lowest BCUT2D eigenvalue weighted by Gasteiger charge is -2.31. The second-order valence-corrected chi connectivity index (χ2v) is 8.20. The van der Waals surface area contributed by atoms with Gasteiger partial charge in [0.25, 0.3) is 0 Å². The van der Waals surface area contributed by atoms with Gasteiger partial charge in [0, 0.05) is 38.7 Å². The van der Waals surface area contributed by atoms with E-state index in [0.717, 1.165) is 48.6 Å². The maximum atomic E-state index is 13.3. The summed E-state index contributed by atoms with van der Waals surface area (Å²) in [5.41, 5.74) is 4.26. The molecule has 1 saturated heterocycles. The Bertz CT molecular complexity index is 1120. The van der Waals surface area contributed by atoms with Gasteiger partial charge in [-0.05, 0) is 49.6 Å². The Morgan fingerprint density at radius 3 is 2.62 bits per heavy atom. The molecule has 0 radical (unpaired) electrons. The first-order chi connectivity index (χ1) is 15.6. The van der Waals surface area contributed by atoms with Gasteiger partial charge in [-0.25, -0.2) is 18.9 Å². The van der Waals surface area contributed by atoms with Crippen molar-refractivity contribution in [2.45, 2.75) is 39.3 Å². The third kappa shape index (κ3) is 4.02. The van der Waals surface area contributed by atoms with Crippen LogP contribution in [0.4, 0.5) is 9.18 Å². The van der Waals surface area contributed by atoms with E-state index in [0.29, 0.717) is 31.1 Å². The number of fused-ring (bicyclic) bond motifs is 1. The van der Waals surface area contributed by atoms with Gasteiger partial charge >= 0.3 is 6.03 Å². The Labute approximate surface area is 185 Å². The van der Waals surface area contributed by atoms with Gasteiger partial charge in [-0.2, -0.15) is 0 Å². The summed E-state index contributed by atoms with van der Waals surface area (Å²) < 4.78 is 20.9. The molecule has 2 aliphatic rings. The molecule has 32 heavy (non-hydrogen) atoms. The summed E-state index contributed by atoms with van der Waals surface area (Å²) in [7, 11) is 0. The Hall–Kier alpha value is -3.49. The van der Waals surface area contributed by atoms with Gasteiger partial charge in [0.2, 0.25) is 5.88 Å². The lowest BCUT2D eigenvalue weighted by molar-refractivity contribution is 0.156. The zero-order valence-electron chi connectivity index (χ0n) is 18.0. The number of rotatable bonds is 4. The van der Waals surface area contributed by atoms with Crippen LogP contribution in [0.25, 0.3) is 5.69 Å². The van der Waals surface area contributed by atoms with Crippen molar-refractivity contribution in [3.63, 3.8) is 0 Å². The molecular formula is C23H25FN6O2. The van der Waals surface area contributed by atoms with Gasteiger partial charge in [-0.3, -0.25) is 0 Å². The fourth-order valence-electron chi connectivity index (χ4n) is 4.22. The van der Waals surface area contributed by atoms with E-state index in [9.17, 15) is 9.18 Å². The van der Waals surface area contributed by atoms with Crippen molar-refractivity contribution in [1.29, 1.82) is 0 Å². The number of likely N-dealkylation sites (tertiary alicyclic amines) is 1. The molecule has 9 heteroatoms. The van der Waals surface area contributed by atoms with Crippen LogP contribution < -0.4 is 4.74 Å². The van der Waals surface area contributed by atoms with Crippen LogP contribution in [0.5, 0.6) is 5.88 Å². The number of aromatic nitrogens is 4. The second kappa shape index (κ2) is 8.57. The number of carbonyl (C=O) groups is 1. The van der Waals surface area contributed by atoms with E-state index in [1.54, 1.807) is 16.8 Å². The standard InChI is InChI=1S/C23H25FN6O2/c1-16-21(30(27-26-16)19-7-5-18(24)6-8-19)15-32-22-9-4-17-14-29(13-10-20(17)25-22)23(31)28-11-2-3-12-28/h4-9H,2-3,10-15H2,1H3. The number of benzene rings is 1. The minimum atomic E-state index is -0.303. The number of pyridine rings is 1. The van der Waals surface area contributed by atoms with Crippen LogP contribution in [0.15, 0.2) is 36.4 Å². The quantitative estimate of drug-likeness (QED) is 0.628. The molecule has 1 aromatic carbocycles. The largest absolute Gasteiger partial charge is 0.471 e. The minimum absolute atomic E-state index is 0.130. The zero-order chi connectivity index (χ0) is 22.1. The number of carbonyl (C=O) groups excluding carboxylic acids is 1. The molecule has 0 N–H and O–H groups in total. The minimum Gasteiger partial charge on any atom is -0.471 e. The average molecular weight is 436 g/mol. The monoisotopic (exact) mass is 436 g/mol. The number of urea groups is 1. The van der Waals surface area contributed by atoms with Crippen molar-refractivity contribution in [2.75, 3.05) is 19.6 Å². The molecule has 1 fully saturated rings. The van der Waals surface area contributed by atoms with Crippen LogP contribution in [0.2, 0.25) is 0 Å². The van der Waals surface area contributed by atoms with Crippen molar-refractivity contribution < 1.29 is 13.9 Å². The lowest BCUT2D eigenvalue weighted by atomic mass is 10.1. The van der Waals surface area contributed by atoms with Crippen LogP contribution in [0.3, 0.4) is 0 Å². The van der Waals surface area contributed by atoms with Crippen LogP contribution in [0.1, 0.15) is 35.5 Å². The first-order valence-corrected chi connectivity index (χ1v) is 10.9. The van der Waals surface area contributed by atoms with Crippen LogP contribution in [-0.2, 0) is 19.6 Å². The Morgan fingerprint density at radius 1 is 1.06 bits per heavy atom. The topological polar surface area (TPSA) is 76.4 Å². The fraction of sp³-hybridized carbons (Fsp3) is 0.391. The average Bonchev–Trinajstić information content (AvgIpc) is 3.47. The summed E-state index contributed by atoms with van der Waals surface area (Å²) in [5.74, 6) is 0.219. The maximum Gasteiger partial charge on any atom is 0.320 e. The summed E-state index contributed by atoms with van der Waals surface area (Å²) in [5, 5.41) is 8.29. The van der Waals surface area contributed by atoms with E-state index < -0.39 is 0 Å². The molecule has 166 valence electrons. The van der Waals surface area contributed by atoms with Crippen molar-refractivity contribution in [3.8, 4) is 11.6 Å². The van der Waals surface area contributed by atoms with Crippen LogP contribution >= 0.6 is 0 Å². The zero-order valence-corrected chi connectivity index (χ0v) is 18.0. The van der Waals surface area contributed by atoms with Gasteiger partial charge in [0.05, 0.1) is 17.1 Å². The summed E-state index contributed by atoms with van der Waals surface area (Å²) in [6, 6.07) is 10.0.